The summed E-state index contributed by atoms with van der Waals surface area (Å²) in [5.41, 5.74) is 2.31. The Hall–Kier alpha value is -2.43. The van der Waals surface area contributed by atoms with E-state index in [1.54, 1.807) is 0 Å². The average molecular weight is 310 g/mol. The molecule has 0 bridgehead atoms. The predicted molar refractivity (Wildman–Crippen MR) is 82.6 cm³/mol. The second kappa shape index (κ2) is 4.78. The molecule has 4 rings (SSSR count). The highest BCUT2D eigenvalue weighted by atomic mass is 16.4. The number of oxazole rings is 1. The molecule has 2 heterocycles. The van der Waals surface area contributed by atoms with Crippen LogP contribution in [-0.4, -0.2) is 21.7 Å². The largest absolute Gasteiger partial charge is 0.444 e. The van der Waals surface area contributed by atoms with Crippen LogP contribution in [0.3, 0.4) is 0 Å². The Bertz CT molecular complexity index is 804. The molecule has 1 aliphatic carbocycles. The Kier molecular flexibility index (Phi) is 2.95. The predicted octanol–water partition coefficient (Wildman–Crippen LogP) is 2.43. The molecule has 0 N–H and O–H groups in total. The number of fused-ring (bicyclic) bond motifs is 2. The molecule has 5 nitrogen and oxygen atoms in total. The molecule has 2 aromatic rings. The van der Waals surface area contributed by atoms with E-state index in [0.29, 0.717) is 12.3 Å². The summed E-state index contributed by atoms with van der Waals surface area (Å²) < 4.78 is 5.54. The van der Waals surface area contributed by atoms with Gasteiger partial charge < -0.3 is 4.42 Å². The van der Waals surface area contributed by atoms with E-state index in [0.717, 1.165) is 23.4 Å². The van der Waals surface area contributed by atoms with Gasteiger partial charge in [-0.2, -0.15) is 0 Å². The van der Waals surface area contributed by atoms with Crippen LogP contribution in [0.25, 0.3) is 0 Å². The monoisotopic (exact) mass is 310 g/mol. The summed E-state index contributed by atoms with van der Waals surface area (Å²) in [5, 5.41) is 0. The minimum Gasteiger partial charge on any atom is -0.444 e. The molecule has 1 aromatic heterocycles. The molecule has 118 valence electrons. The van der Waals surface area contributed by atoms with Gasteiger partial charge in [-0.25, -0.2) is 4.98 Å². The minimum absolute atomic E-state index is 0.110. The summed E-state index contributed by atoms with van der Waals surface area (Å²) >= 11 is 0. The molecule has 1 aromatic carbocycles. The van der Waals surface area contributed by atoms with E-state index in [9.17, 15) is 9.59 Å². The molecule has 1 fully saturated rings. The molecule has 1 atom stereocenters. The fraction of sp³-hybridized carbons (Fsp3) is 0.389. The first-order valence-electron chi connectivity index (χ1n) is 7.87. The maximum absolute atomic E-state index is 13.0. The molecule has 0 radical (unpaired) electrons. The second-order valence-corrected chi connectivity index (χ2v) is 6.45. The van der Waals surface area contributed by atoms with Crippen LogP contribution in [0.5, 0.6) is 0 Å². The average Bonchev–Trinajstić information content (AvgIpc) is 3.13. The Balaban J connectivity index is 1.67. The fourth-order valence-corrected chi connectivity index (χ4v) is 3.80. The van der Waals surface area contributed by atoms with Crippen molar-refractivity contribution in [3.05, 3.63) is 52.7 Å². The number of nitrogens with zero attached hydrogens (tertiary/aromatic N) is 2. The van der Waals surface area contributed by atoms with Crippen molar-refractivity contribution >= 4 is 11.8 Å². The molecule has 0 unspecified atom stereocenters. The lowest BCUT2D eigenvalue weighted by atomic mass is 9.80. The van der Waals surface area contributed by atoms with Gasteiger partial charge in [-0.05, 0) is 37.8 Å². The molecular weight excluding hydrogens is 292 g/mol. The third-order valence-corrected chi connectivity index (χ3v) is 5.13. The number of hydrogen-bond acceptors (Lipinski definition) is 4. The zero-order chi connectivity index (χ0) is 16.2. The van der Waals surface area contributed by atoms with Crippen LogP contribution < -0.4 is 0 Å². The maximum atomic E-state index is 13.0. The first kappa shape index (κ1) is 14.2. The summed E-state index contributed by atoms with van der Waals surface area (Å²) in [7, 11) is 0. The third kappa shape index (κ3) is 1.96. The standard InChI is InChI=1S/C18H18N2O3/c1-11-12(2)23-15(19-11)10-20-16(21)9-18(17(20)22)8-7-13-5-3-4-6-14(13)18/h3-6H,7-10H2,1-2H3/t18-/m1/s1. The first-order chi connectivity index (χ1) is 11.0. The number of carbonyl (C=O) groups excluding carboxylic acids is 2. The van der Waals surface area contributed by atoms with E-state index in [4.69, 9.17) is 4.42 Å². The lowest BCUT2D eigenvalue weighted by molar-refractivity contribution is -0.141. The van der Waals surface area contributed by atoms with Crippen LogP contribution in [0.15, 0.2) is 28.7 Å². The summed E-state index contributed by atoms with van der Waals surface area (Å²) in [6, 6.07) is 7.95. The number of benzene rings is 1. The second-order valence-electron chi connectivity index (χ2n) is 6.45. The van der Waals surface area contributed by atoms with Gasteiger partial charge in [-0.15, -0.1) is 0 Å². The highest BCUT2D eigenvalue weighted by Gasteiger charge is 2.55. The van der Waals surface area contributed by atoms with Crippen molar-refractivity contribution in [3.63, 3.8) is 0 Å². The number of aromatic nitrogens is 1. The molecule has 23 heavy (non-hydrogen) atoms. The highest BCUT2D eigenvalue weighted by Crippen LogP contribution is 2.47. The lowest BCUT2D eigenvalue weighted by Crippen LogP contribution is -2.36. The number of carbonyl (C=O) groups is 2. The molecule has 1 aliphatic heterocycles. The van der Waals surface area contributed by atoms with Gasteiger partial charge in [-0.3, -0.25) is 14.5 Å². The summed E-state index contributed by atoms with van der Waals surface area (Å²) in [6.07, 6.45) is 1.80. The lowest BCUT2D eigenvalue weighted by Gasteiger charge is -2.22. The Morgan fingerprint density at radius 2 is 2.04 bits per heavy atom. The van der Waals surface area contributed by atoms with Gasteiger partial charge in [0.05, 0.1) is 11.1 Å². The normalized spacial score (nSPS) is 23.1. The van der Waals surface area contributed by atoms with Crippen LogP contribution in [0.1, 0.15) is 41.3 Å². The Labute approximate surface area is 134 Å². The van der Waals surface area contributed by atoms with E-state index in [1.807, 2.05) is 38.1 Å². The quantitative estimate of drug-likeness (QED) is 0.799. The van der Waals surface area contributed by atoms with Crippen LogP contribution in [0, 0.1) is 13.8 Å². The van der Waals surface area contributed by atoms with Crippen molar-refractivity contribution in [2.45, 2.75) is 45.1 Å². The number of aryl methyl sites for hydroxylation is 3. The zero-order valence-corrected chi connectivity index (χ0v) is 13.3. The molecule has 1 spiro atoms. The van der Waals surface area contributed by atoms with E-state index in [-0.39, 0.29) is 24.8 Å². The van der Waals surface area contributed by atoms with E-state index in [1.165, 1.54) is 10.5 Å². The summed E-state index contributed by atoms with van der Waals surface area (Å²) in [4.78, 5) is 31.1. The van der Waals surface area contributed by atoms with Gasteiger partial charge in [0, 0.05) is 6.42 Å². The number of imide groups is 1. The fourth-order valence-electron chi connectivity index (χ4n) is 3.80. The van der Waals surface area contributed by atoms with E-state index >= 15 is 0 Å². The van der Waals surface area contributed by atoms with Crippen LogP contribution >= 0.6 is 0 Å². The number of likely N-dealkylation sites (tertiary alicyclic amines) is 1. The van der Waals surface area contributed by atoms with Gasteiger partial charge in [-0.1, -0.05) is 24.3 Å². The van der Waals surface area contributed by atoms with Crippen LogP contribution in [0.2, 0.25) is 0 Å². The topological polar surface area (TPSA) is 63.4 Å². The van der Waals surface area contributed by atoms with Gasteiger partial charge in [0.2, 0.25) is 17.7 Å². The van der Waals surface area contributed by atoms with Crippen molar-refractivity contribution in [3.8, 4) is 0 Å². The zero-order valence-electron chi connectivity index (χ0n) is 13.3. The minimum atomic E-state index is -0.676. The third-order valence-electron chi connectivity index (χ3n) is 5.13. The van der Waals surface area contributed by atoms with Crippen molar-refractivity contribution in [1.29, 1.82) is 0 Å². The summed E-state index contributed by atoms with van der Waals surface area (Å²) in [5.74, 6) is 0.895. The van der Waals surface area contributed by atoms with E-state index < -0.39 is 5.41 Å². The molecule has 5 heteroatoms. The first-order valence-corrected chi connectivity index (χ1v) is 7.87. The molecule has 2 aliphatic rings. The van der Waals surface area contributed by atoms with Crippen molar-refractivity contribution in [1.82, 2.24) is 9.88 Å². The van der Waals surface area contributed by atoms with Crippen LogP contribution in [0.4, 0.5) is 0 Å². The molecular formula is C18H18N2O3. The molecule has 1 saturated heterocycles. The van der Waals surface area contributed by atoms with Gasteiger partial charge in [0.15, 0.2) is 0 Å². The van der Waals surface area contributed by atoms with Crippen LogP contribution in [-0.2, 0) is 28.0 Å². The van der Waals surface area contributed by atoms with Gasteiger partial charge in [0.1, 0.15) is 12.3 Å². The molecule has 2 amide bonds. The van der Waals surface area contributed by atoms with Crippen molar-refractivity contribution in [2.75, 3.05) is 0 Å². The number of hydrogen-bond donors (Lipinski definition) is 0. The maximum Gasteiger partial charge on any atom is 0.240 e. The summed E-state index contributed by atoms with van der Waals surface area (Å²) in [6.45, 7) is 3.80. The number of amides is 2. The Morgan fingerprint density at radius 1 is 1.26 bits per heavy atom. The van der Waals surface area contributed by atoms with Gasteiger partial charge >= 0.3 is 0 Å². The van der Waals surface area contributed by atoms with Gasteiger partial charge in [0.25, 0.3) is 0 Å². The van der Waals surface area contributed by atoms with Crippen molar-refractivity contribution in [2.24, 2.45) is 0 Å². The smallest absolute Gasteiger partial charge is 0.240 e. The Morgan fingerprint density at radius 3 is 2.78 bits per heavy atom. The van der Waals surface area contributed by atoms with Crippen molar-refractivity contribution < 1.29 is 14.0 Å². The molecule has 0 saturated carbocycles. The SMILES string of the molecule is Cc1nc(CN2C(=O)C[C@@]3(CCc4ccccc43)C2=O)oc1C. The number of rotatable bonds is 2. The highest BCUT2D eigenvalue weighted by molar-refractivity contribution is 6.09. The van der Waals surface area contributed by atoms with E-state index in [2.05, 4.69) is 4.98 Å².